The van der Waals surface area contributed by atoms with E-state index in [4.69, 9.17) is 4.74 Å². The van der Waals surface area contributed by atoms with E-state index < -0.39 is 0 Å². The number of allylic oxidation sites excluding steroid dienone is 1. The minimum atomic E-state index is -0.320. The lowest BCUT2D eigenvalue weighted by atomic mass is 9.72. The fraction of sp³-hybridized carbons (Fsp3) is 0.171. The Hall–Kier alpha value is -3.82. The SMILES string of the molecule is COC(=O)c1ccc(C=Cc2ccc3c(c2)C(c2ccccc2SCc2ccccc2)=CCC3(C)C)cc1. The molecule has 4 aromatic rings. The number of benzene rings is 4. The van der Waals surface area contributed by atoms with Crippen LogP contribution in [0.3, 0.4) is 0 Å². The van der Waals surface area contributed by atoms with Gasteiger partial charge in [0.05, 0.1) is 12.7 Å². The smallest absolute Gasteiger partial charge is 0.337 e. The normalized spacial score (nSPS) is 14.1. The molecule has 0 bridgehead atoms. The standard InChI is InChI=1S/C35H32O2S/c1-35(2)22-21-29(30-11-7-8-12-33(30)38-24-27-9-5-4-6-10-27)31-23-26(17-20-32(31)35)14-13-25-15-18-28(19-16-25)34(36)37-3/h4-21,23H,22,24H2,1-3H3. The van der Waals surface area contributed by atoms with E-state index >= 15 is 0 Å². The van der Waals surface area contributed by atoms with Gasteiger partial charge >= 0.3 is 5.97 Å². The van der Waals surface area contributed by atoms with Gasteiger partial charge in [0, 0.05) is 10.6 Å². The molecule has 2 nitrogen and oxygen atoms in total. The van der Waals surface area contributed by atoms with Crippen LogP contribution >= 0.6 is 11.8 Å². The first-order chi connectivity index (χ1) is 18.4. The Bertz CT molecular complexity index is 1490. The first-order valence-corrected chi connectivity index (χ1v) is 13.9. The Morgan fingerprint density at radius 2 is 1.53 bits per heavy atom. The molecule has 0 aliphatic heterocycles. The van der Waals surface area contributed by atoms with Gasteiger partial charge in [0.2, 0.25) is 0 Å². The summed E-state index contributed by atoms with van der Waals surface area (Å²) in [6.07, 6.45) is 7.66. The maximum absolute atomic E-state index is 11.7. The van der Waals surface area contributed by atoms with Crippen LogP contribution in [0.15, 0.2) is 108 Å². The number of fused-ring (bicyclic) bond motifs is 1. The van der Waals surface area contributed by atoms with Crippen molar-refractivity contribution in [3.8, 4) is 0 Å². The molecule has 0 atom stereocenters. The van der Waals surface area contributed by atoms with Crippen LogP contribution in [0.1, 0.15) is 64.0 Å². The fourth-order valence-corrected chi connectivity index (χ4v) is 5.92. The lowest BCUT2D eigenvalue weighted by molar-refractivity contribution is 0.0600. The minimum Gasteiger partial charge on any atom is -0.465 e. The molecular weight excluding hydrogens is 484 g/mol. The van der Waals surface area contributed by atoms with Crippen molar-refractivity contribution in [2.45, 2.75) is 36.3 Å². The molecule has 0 radical (unpaired) electrons. The lowest BCUT2D eigenvalue weighted by Gasteiger charge is -2.33. The highest BCUT2D eigenvalue weighted by molar-refractivity contribution is 7.98. The highest BCUT2D eigenvalue weighted by atomic mass is 32.2. The summed E-state index contributed by atoms with van der Waals surface area (Å²) in [7, 11) is 1.40. The summed E-state index contributed by atoms with van der Waals surface area (Å²) in [6, 6.07) is 33.7. The van der Waals surface area contributed by atoms with Crippen LogP contribution in [0.25, 0.3) is 17.7 Å². The molecule has 0 saturated carbocycles. The van der Waals surface area contributed by atoms with Crippen molar-refractivity contribution in [3.05, 3.63) is 142 Å². The topological polar surface area (TPSA) is 26.3 Å². The average Bonchev–Trinajstić information content (AvgIpc) is 2.95. The zero-order valence-electron chi connectivity index (χ0n) is 22.1. The first kappa shape index (κ1) is 25.8. The Morgan fingerprint density at radius 1 is 0.842 bits per heavy atom. The molecule has 0 unspecified atom stereocenters. The summed E-state index contributed by atoms with van der Waals surface area (Å²) in [5.74, 6) is 0.625. The van der Waals surface area contributed by atoms with Crippen molar-refractivity contribution >= 4 is 35.5 Å². The van der Waals surface area contributed by atoms with Gasteiger partial charge in [0.25, 0.3) is 0 Å². The van der Waals surface area contributed by atoms with Gasteiger partial charge in [-0.15, -0.1) is 11.8 Å². The van der Waals surface area contributed by atoms with E-state index in [-0.39, 0.29) is 11.4 Å². The second-order valence-corrected chi connectivity index (χ2v) is 11.2. The molecule has 0 aromatic heterocycles. The van der Waals surface area contributed by atoms with Crippen LogP contribution in [-0.4, -0.2) is 13.1 Å². The van der Waals surface area contributed by atoms with E-state index in [9.17, 15) is 4.79 Å². The lowest BCUT2D eigenvalue weighted by Crippen LogP contribution is -2.22. The Labute approximate surface area is 230 Å². The molecule has 38 heavy (non-hydrogen) atoms. The maximum Gasteiger partial charge on any atom is 0.337 e. The van der Waals surface area contributed by atoms with Gasteiger partial charge in [-0.2, -0.15) is 0 Å². The molecule has 0 amide bonds. The zero-order valence-corrected chi connectivity index (χ0v) is 22.9. The van der Waals surface area contributed by atoms with Gasteiger partial charge in [0.15, 0.2) is 0 Å². The van der Waals surface area contributed by atoms with Crippen molar-refractivity contribution < 1.29 is 9.53 Å². The van der Waals surface area contributed by atoms with Crippen molar-refractivity contribution in [1.29, 1.82) is 0 Å². The number of carbonyl (C=O) groups excluding carboxylic acids is 1. The Morgan fingerprint density at radius 3 is 2.29 bits per heavy atom. The van der Waals surface area contributed by atoms with E-state index in [1.165, 1.54) is 39.8 Å². The minimum absolute atomic E-state index is 0.0803. The molecule has 4 aromatic carbocycles. The van der Waals surface area contributed by atoms with Gasteiger partial charge < -0.3 is 4.74 Å². The van der Waals surface area contributed by atoms with Crippen LogP contribution in [0.5, 0.6) is 0 Å². The number of hydrogen-bond acceptors (Lipinski definition) is 3. The van der Waals surface area contributed by atoms with Crippen molar-refractivity contribution in [3.63, 3.8) is 0 Å². The van der Waals surface area contributed by atoms with Crippen LogP contribution in [0, 0.1) is 0 Å². The highest BCUT2D eigenvalue weighted by Gasteiger charge is 2.29. The average molecular weight is 517 g/mol. The predicted molar refractivity (Wildman–Crippen MR) is 160 cm³/mol. The predicted octanol–water partition coefficient (Wildman–Crippen LogP) is 9.05. The Balaban J connectivity index is 1.45. The highest BCUT2D eigenvalue weighted by Crippen LogP contribution is 2.44. The summed E-state index contributed by atoms with van der Waals surface area (Å²) in [4.78, 5) is 13.0. The number of rotatable bonds is 7. The summed E-state index contributed by atoms with van der Waals surface area (Å²) >= 11 is 1.90. The Kier molecular flexibility index (Phi) is 7.67. The van der Waals surface area contributed by atoms with Gasteiger partial charge in [0.1, 0.15) is 0 Å². The van der Waals surface area contributed by atoms with E-state index in [0.717, 1.165) is 23.3 Å². The molecule has 0 saturated heterocycles. The number of ether oxygens (including phenoxy) is 1. The zero-order chi connectivity index (χ0) is 26.5. The second-order valence-electron chi connectivity index (χ2n) is 10.2. The molecule has 1 aliphatic carbocycles. The summed E-state index contributed by atoms with van der Waals surface area (Å²) in [6.45, 7) is 4.65. The van der Waals surface area contributed by atoms with Crippen LogP contribution < -0.4 is 0 Å². The van der Waals surface area contributed by atoms with Crippen molar-refractivity contribution in [2.24, 2.45) is 0 Å². The van der Waals surface area contributed by atoms with Gasteiger partial charge in [-0.3, -0.25) is 0 Å². The third-order valence-corrected chi connectivity index (χ3v) is 8.24. The largest absolute Gasteiger partial charge is 0.465 e. The number of hydrogen-bond donors (Lipinski definition) is 0. The molecule has 190 valence electrons. The van der Waals surface area contributed by atoms with E-state index in [1.807, 2.05) is 23.9 Å². The monoisotopic (exact) mass is 516 g/mol. The third-order valence-electron chi connectivity index (χ3n) is 7.09. The number of esters is 1. The van der Waals surface area contributed by atoms with Gasteiger partial charge in [-0.25, -0.2) is 4.79 Å². The van der Waals surface area contributed by atoms with Gasteiger partial charge in [-0.05, 0) is 75.1 Å². The summed E-state index contributed by atoms with van der Waals surface area (Å²) in [5, 5.41) is 0. The van der Waals surface area contributed by atoms with Crippen LogP contribution in [0.2, 0.25) is 0 Å². The third kappa shape index (κ3) is 5.69. The summed E-state index contributed by atoms with van der Waals surface area (Å²) in [5.41, 5.74) is 9.45. The van der Waals surface area contributed by atoms with Crippen molar-refractivity contribution in [2.75, 3.05) is 7.11 Å². The first-order valence-electron chi connectivity index (χ1n) is 12.9. The van der Waals surface area contributed by atoms with E-state index in [1.54, 1.807) is 12.1 Å². The molecule has 1 aliphatic rings. The molecule has 0 heterocycles. The van der Waals surface area contributed by atoms with E-state index in [2.05, 4.69) is 105 Å². The number of carbonyl (C=O) groups is 1. The van der Waals surface area contributed by atoms with Crippen LogP contribution in [0.4, 0.5) is 0 Å². The van der Waals surface area contributed by atoms with Crippen molar-refractivity contribution in [1.82, 2.24) is 0 Å². The summed E-state index contributed by atoms with van der Waals surface area (Å²) < 4.78 is 4.80. The number of methoxy groups -OCH3 is 1. The molecule has 5 rings (SSSR count). The van der Waals surface area contributed by atoms with Gasteiger partial charge in [-0.1, -0.05) is 105 Å². The molecular formula is C35H32O2S. The molecule has 0 fully saturated rings. The fourth-order valence-electron chi connectivity index (χ4n) is 4.90. The second kappa shape index (κ2) is 11.3. The van der Waals surface area contributed by atoms with E-state index in [0.29, 0.717) is 5.56 Å². The molecule has 3 heteroatoms. The molecule has 0 spiro atoms. The van der Waals surface area contributed by atoms with Crippen LogP contribution in [-0.2, 0) is 15.9 Å². The number of thioether (sulfide) groups is 1. The quantitative estimate of drug-likeness (QED) is 0.139. The molecule has 0 N–H and O–H groups in total. The maximum atomic E-state index is 11.7.